The smallest absolute Gasteiger partial charge is 0.200 e. The maximum absolute atomic E-state index is 12.4. The average molecular weight is 297 g/mol. The van der Waals surface area contributed by atoms with E-state index in [-0.39, 0.29) is 5.43 Å². The van der Waals surface area contributed by atoms with Crippen molar-refractivity contribution >= 4 is 27.7 Å². The van der Waals surface area contributed by atoms with Gasteiger partial charge in [-0.2, -0.15) is 0 Å². The van der Waals surface area contributed by atoms with Crippen molar-refractivity contribution in [2.75, 3.05) is 13.7 Å². The lowest BCUT2D eigenvalue weighted by atomic mass is 10.1. The standard InChI is InChI=1S/C17H15NO4/c1-11(18-20-2)10-21-12-7-8-14-16(9-12)22-15-6-4-3-5-13(15)17(14)19/h3-9H,10H2,1-2H3/b18-11-. The van der Waals surface area contributed by atoms with Crippen LogP contribution in [0.3, 0.4) is 0 Å². The van der Waals surface area contributed by atoms with Crippen LogP contribution in [-0.4, -0.2) is 19.4 Å². The quantitative estimate of drug-likeness (QED) is 0.421. The maximum atomic E-state index is 12.4. The summed E-state index contributed by atoms with van der Waals surface area (Å²) in [6.45, 7) is 2.11. The predicted octanol–water partition coefficient (Wildman–Crippen LogP) is 3.35. The third kappa shape index (κ3) is 2.65. The van der Waals surface area contributed by atoms with Gasteiger partial charge in [0.25, 0.3) is 0 Å². The van der Waals surface area contributed by atoms with Crippen LogP contribution < -0.4 is 10.2 Å². The highest BCUT2D eigenvalue weighted by Crippen LogP contribution is 2.22. The minimum Gasteiger partial charge on any atom is -0.487 e. The highest BCUT2D eigenvalue weighted by atomic mass is 16.6. The summed E-state index contributed by atoms with van der Waals surface area (Å²) in [4.78, 5) is 17.1. The van der Waals surface area contributed by atoms with Gasteiger partial charge in [-0.3, -0.25) is 4.79 Å². The normalized spacial score (nSPS) is 11.8. The first kappa shape index (κ1) is 14.1. The summed E-state index contributed by atoms with van der Waals surface area (Å²) in [5.74, 6) is 0.608. The number of para-hydroxylation sites is 1. The summed E-state index contributed by atoms with van der Waals surface area (Å²) in [6.07, 6.45) is 0. The van der Waals surface area contributed by atoms with E-state index in [2.05, 4.69) is 9.99 Å². The van der Waals surface area contributed by atoms with Crippen molar-refractivity contribution < 1.29 is 14.0 Å². The SMILES string of the molecule is CO/N=C(/C)COc1ccc2c(=O)c3ccccc3oc2c1. The molecule has 5 heteroatoms. The van der Waals surface area contributed by atoms with E-state index in [4.69, 9.17) is 9.15 Å². The van der Waals surface area contributed by atoms with Crippen LogP contribution in [0, 0.1) is 0 Å². The Bertz CT molecular complexity index is 911. The molecule has 1 aromatic heterocycles. The van der Waals surface area contributed by atoms with Gasteiger partial charge >= 0.3 is 0 Å². The minimum atomic E-state index is -0.0412. The predicted molar refractivity (Wildman–Crippen MR) is 85.6 cm³/mol. The third-order valence-corrected chi connectivity index (χ3v) is 3.24. The van der Waals surface area contributed by atoms with Crippen LogP contribution in [0.2, 0.25) is 0 Å². The molecule has 22 heavy (non-hydrogen) atoms. The lowest BCUT2D eigenvalue weighted by molar-refractivity contribution is 0.209. The van der Waals surface area contributed by atoms with Crippen LogP contribution in [0.1, 0.15) is 6.92 Å². The second-order valence-electron chi connectivity index (χ2n) is 4.88. The van der Waals surface area contributed by atoms with Gasteiger partial charge in [0.05, 0.1) is 16.5 Å². The topological polar surface area (TPSA) is 61.0 Å². The number of nitrogens with zero attached hydrogens (tertiary/aromatic N) is 1. The lowest BCUT2D eigenvalue weighted by Gasteiger charge is -2.07. The van der Waals surface area contributed by atoms with E-state index in [1.54, 1.807) is 37.3 Å². The molecular formula is C17H15NO4. The van der Waals surface area contributed by atoms with E-state index in [0.717, 1.165) is 0 Å². The Morgan fingerprint density at radius 1 is 1.14 bits per heavy atom. The first-order valence-electron chi connectivity index (χ1n) is 6.84. The Kier molecular flexibility index (Phi) is 3.78. The van der Waals surface area contributed by atoms with Gasteiger partial charge in [-0.15, -0.1) is 0 Å². The molecule has 0 bridgehead atoms. The second-order valence-corrected chi connectivity index (χ2v) is 4.88. The molecule has 1 heterocycles. The van der Waals surface area contributed by atoms with E-state index in [9.17, 15) is 4.79 Å². The van der Waals surface area contributed by atoms with Crippen molar-refractivity contribution in [2.24, 2.45) is 5.16 Å². The first-order valence-corrected chi connectivity index (χ1v) is 6.84. The van der Waals surface area contributed by atoms with E-state index in [1.807, 2.05) is 12.1 Å². The van der Waals surface area contributed by atoms with Crippen LogP contribution in [0.4, 0.5) is 0 Å². The van der Waals surface area contributed by atoms with Crippen molar-refractivity contribution in [3.05, 3.63) is 52.7 Å². The van der Waals surface area contributed by atoms with E-state index >= 15 is 0 Å². The molecule has 5 nitrogen and oxygen atoms in total. The molecule has 0 amide bonds. The Hall–Kier alpha value is -2.82. The van der Waals surface area contributed by atoms with Crippen LogP contribution in [0.25, 0.3) is 21.9 Å². The summed E-state index contributed by atoms with van der Waals surface area (Å²) >= 11 is 0. The van der Waals surface area contributed by atoms with Gasteiger partial charge in [0, 0.05) is 6.07 Å². The molecule has 3 rings (SSSR count). The fourth-order valence-electron chi connectivity index (χ4n) is 2.24. The van der Waals surface area contributed by atoms with Gasteiger partial charge in [-0.05, 0) is 31.2 Å². The first-order chi connectivity index (χ1) is 10.7. The van der Waals surface area contributed by atoms with E-state index < -0.39 is 0 Å². The molecule has 0 saturated heterocycles. The number of hydrogen-bond acceptors (Lipinski definition) is 5. The molecule has 0 fully saturated rings. The second kappa shape index (κ2) is 5.89. The van der Waals surface area contributed by atoms with Crippen molar-refractivity contribution in [3.8, 4) is 5.75 Å². The number of rotatable bonds is 4. The number of hydrogen-bond donors (Lipinski definition) is 0. The van der Waals surface area contributed by atoms with Gasteiger partial charge in [0.2, 0.25) is 5.43 Å². The Morgan fingerprint density at radius 2 is 1.91 bits per heavy atom. The molecule has 112 valence electrons. The largest absolute Gasteiger partial charge is 0.487 e. The Labute approximate surface area is 126 Å². The van der Waals surface area contributed by atoms with E-state index in [0.29, 0.717) is 40.0 Å². The summed E-state index contributed by atoms with van der Waals surface area (Å²) in [6, 6.07) is 12.4. The summed E-state index contributed by atoms with van der Waals surface area (Å²) in [7, 11) is 1.49. The van der Waals surface area contributed by atoms with Crippen LogP contribution in [0.5, 0.6) is 5.75 Å². The van der Waals surface area contributed by atoms with Crippen molar-refractivity contribution in [2.45, 2.75) is 6.92 Å². The zero-order valence-electron chi connectivity index (χ0n) is 12.3. The summed E-state index contributed by atoms with van der Waals surface area (Å²) < 4.78 is 11.4. The summed E-state index contributed by atoms with van der Waals surface area (Å²) in [5.41, 5.74) is 1.74. The molecule has 0 aliphatic heterocycles. The van der Waals surface area contributed by atoms with Crippen molar-refractivity contribution in [3.63, 3.8) is 0 Å². The fraction of sp³-hybridized carbons (Fsp3) is 0.176. The van der Waals surface area contributed by atoms with Gasteiger partial charge in [0.15, 0.2) is 0 Å². The highest BCUT2D eigenvalue weighted by molar-refractivity contribution is 5.90. The lowest BCUT2D eigenvalue weighted by Crippen LogP contribution is -2.08. The number of ether oxygens (including phenoxy) is 1. The number of fused-ring (bicyclic) bond motifs is 2. The number of benzene rings is 2. The Balaban J connectivity index is 2.01. The molecule has 0 aliphatic carbocycles. The molecule has 0 unspecified atom stereocenters. The fourth-order valence-corrected chi connectivity index (χ4v) is 2.24. The molecule has 3 aromatic rings. The van der Waals surface area contributed by atoms with Gasteiger partial charge in [-0.1, -0.05) is 17.3 Å². The van der Waals surface area contributed by atoms with Gasteiger partial charge in [-0.25, -0.2) is 0 Å². The molecular weight excluding hydrogens is 282 g/mol. The Morgan fingerprint density at radius 3 is 2.73 bits per heavy atom. The molecule has 0 radical (unpaired) electrons. The third-order valence-electron chi connectivity index (χ3n) is 3.24. The minimum absolute atomic E-state index is 0.0412. The molecule has 0 spiro atoms. The van der Waals surface area contributed by atoms with E-state index in [1.165, 1.54) is 7.11 Å². The zero-order valence-corrected chi connectivity index (χ0v) is 12.3. The monoisotopic (exact) mass is 297 g/mol. The molecule has 0 aliphatic rings. The zero-order chi connectivity index (χ0) is 15.5. The maximum Gasteiger partial charge on any atom is 0.200 e. The molecule has 0 N–H and O–H groups in total. The van der Waals surface area contributed by atoms with Gasteiger partial charge in [0.1, 0.15) is 30.6 Å². The number of oxime groups is 1. The average Bonchev–Trinajstić information content (AvgIpc) is 2.53. The van der Waals surface area contributed by atoms with Crippen molar-refractivity contribution in [1.82, 2.24) is 0 Å². The van der Waals surface area contributed by atoms with Crippen LogP contribution >= 0.6 is 0 Å². The molecule has 0 saturated carbocycles. The van der Waals surface area contributed by atoms with Gasteiger partial charge < -0.3 is 14.0 Å². The van der Waals surface area contributed by atoms with Crippen LogP contribution in [0.15, 0.2) is 56.8 Å². The van der Waals surface area contributed by atoms with Crippen molar-refractivity contribution in [1.29, 1.82) is 0 Å². The molecule has 0 atom stereocenters. The molecule has 2 aromatic carbocycles. The summed E-state index contributed by atoms with van der Waals surface area (Å²) in [5, 5.41) is 4.89. The van der Waals surface area contributed by atoms with Crippen LogP contribution in [-0.2, 0) is 4.84 Å². The highest BCUT2D eigenvalue weighted by Gasteiger charge is 2.08.